The highest BCUT2D eigenvalue weighted by Crippen LogP contribution is 2.34. The van der Waals surface area contributed by atoms with Gasteiger partial charge in [-0.05, 0) is 58.4 Å². The molecule has 0 spiro atoms. The molecule has 0 unspecified atom stereocenters. The van der Waals surface area contributed by atoms with Gasteiger partial charge in [0.25, 0.3) is 5.09 Å². The third-order valence-corrected chi connectivity index (χ3v) is 7.48. The van der Waals surface area contributed by atoms with Crippen LogP contribution in [0.4, 0.5) is 4.79 Å². The first-order valence-electron chi connectivity index (χ1n) is 14.0. The summed E-state index contributed by atoms with van der Waals surface area (Å²) in [4.78, 5) is 29.2. The number of hydrogen-bond acceptors (Lipinski definition) is 6. The van der Waals surface area contributed by atoms with Crippen LogP contribution < -0.4 is 0 Å². The topological polar surface area (TPSA) is 91.1 Å². The summed E-state index contributed by atoms with van der Waals surface area (Å²) in [6, 6.07) is 33.5. The second-order valence-electron chi connectivity index (χ2n) is 10.2. The van der Waals surface area contributed by atoms with Crippen LogP contribution in [0.25, 0.3) is 21.9 Å². The van der Waals surface area contributed by atoms with Gasteiger partial charge in [0.05, 0.1) is 32.5 Å². The van der Waals surface area contributed by atoms with Gasteiger partial charge in [0, 0.05) is 12.5 Å². The number of rotatable bonds is 11. The lowest BCUT2D eigenvalue weighted by Crippen LogP contribution is -2.47. The molecule has 0 aromatic heterocycles. The summed E-state index contributed by atoms with van der Waals surface area (Å²) >= 11 is 0. The molecule has 1 aliphatic rings. The summed E-state index contributed by atoms with van der Waals surface area (Å²) in [7, 11) is 0. The molecular weight excluding hydrogens is 520 g/mol. The van der Waals surface area contributed by atoms with E-state index >= 15 is 0 Å². The molecule has 0 aliphatic carbocycles. The number of benzene rings is 4. The second kappa shape index (κ2) is 13.8. The fourth-order valence-electron chi connectivity index (χ4n) is 5.34. The fourth-order valence-corrected chi connectivity index (χ4v) is 5.34. The maximum atomic E-state index is 12.9. The van der Waals surface area contributed by atoms with Gasteiger partial charge in [-0.25, -0.2) is 4.79 Å². The first kappa shape index (κ1) is 28.1. The van der Waals surface area contributed by atoms with Crippen molar-refractivity contribution >= 4 is 16.9 Å². The van der Waals surface area contributed by atoms with Crippen LogP contribution in [-0.4, -0.2) is 48.5 Å². The second-order valence-corrected chi connectivity index (χ2v) is 10.2. The third kappa shape index (κ3) is 7.61. The highest BCUT2D eigenvalue weighted by Gasteiger charge is 2.34. The molecule has 0 radical (unpaired) electrons. The van der Waals surface area contributed by atoms with Crippen LogP contribution >= 0.6 is 0 Å². The Morgan fingerprint density at radius 2 is 1.61 bits per heavy atom. The van der Waals surface area contributed by atoms with Crippen molar-refractivity contribution in [2.75, 3.05) is 26.3 Å². The van der Waals surface area contributed by atoms with E-state index in [2.05, 4.69) is 71.6 Å². The Balaban J connectivity index is 1.28. The molecule has 1 amide bonds. The Kier molecular flexibility index (Phi) is 9.44. The molecule has 4 aromatic carbocycles. The number of piperidine rings is 1. The molecule has 8 nitrogen and oxygen atoms in total. The van der Waals surface area contributed by atoms with Crippen LogP contribution in [-0.2, 0) is 20.9 Å². The number of unbranched alkanes of at least 4 members (excludes halogenated alkanes) is 1. The van der Waals surface area contributed by atoms with Gasteiger partial charge in [-0.1, -0.05) is 91.0 Å². The van der Waals surface area contributed by atoms with Crippen LogP contribution in [0, 0.1) is 10.1 Å². The maximum Gasteiger partial charge on any atom is 0.409 e. The predicted molar refractivity (Wildman–Crippen MR) is 157 cm³/mol. The van der Waals surface area contributed by atoms with Crippen molar-refractivity contribution in [3.05, 3.63) is 118 Å². The van der Waals surface area contributed by atoms with E-state index in [4.69, 9.17) is 9.47 Å². The first-order valence-corrected chi connectivity index (χ1v) is 14.0. The molecule has 2 atom stereocenters. The summed E-state index contributed by atoms with van der Waals surface area (Å²) in [5, 5.41) is 11.8. The molecule has 1 saturated heterocycles. The van der Waals surface area contributed by atoms with Crippen LogP contribution in [0.15, 0.2) is 97.1 Å². The van der Waals surface area contributed by atoms with Gasteiger partial charge in [-0.3, -0.25) is 0 Å². The molecule has 8 heteroatoms. The summed E-state index contributed by atoms with van der Waals surface area (Å²) < 4.78 is 12.0. The number of ether oxygens (including phenoxy) is 2. The number of carbonyl (C=O) groups is 1. The predicted octanol–water partition coefficient (Wildman–Crippen LogP) is 7.01. The summed E-state index contributed by atoms with van der Waals surface area (Å²) in [6.07, 6.45) is 1.06. The van der Waals surface area contributed by atoms with Crippen LogP contribution in [0.5, 0.6) is 0 Å². The lowest BCUT2D eigenvalue weighted by molar-refractivity contribution is -0.757. The maximum absolute atomic E-state index is 12.9. The van der Waals surface area contributed by atoms with Crippen LogP contribution in [0.2, 0.25) is 0 Å². The molecule has 1 heterocycles. The minimum Gasteiger partial charge on any atom is -0.449 e. The van der Waals surface area contributed by atoms with E-state index in [1.54, 1.807) is 4.90 Å². The molecule has 1 aliphatic heterocycles. The van der Waals surface area contributed by atoms with Crippen molar-refractivity contribution in [2.45, 2.75) is 37.9 Å². The molecule has 1 fully saturated rings. The lowest BCUT2D eigenvalue weighted by Gasteiger charge is -2.38. The molecule has 212 valence electrons. The Bertz CT molecular complexity index is 1460. The van der Waals surface area contributed by atoms with Gasteiger partial charge in [0.15, 0.2) is 0 Å². The summed E-state index contributed by atoms with van der Waals surface area (Å²) in [6.45, 7) is 1.57. The number of fused-ring (bicyclic) bond motifs is 1. The van der Waals surface area contributed by atoms with E-state index in [-0.39, 0.29) is 25.2 Å². The highest BCUT2D eigenvalue weighted by molar-refractivity contribution is 5.83. The van der Waals surface area contributed by atoms with E-state index < -0.39 is 11.2 Å². The van der Waals surface area contributed by atoms with E-state index in [0.717, 1.165) is 28.5 Å². The van der Waals surface area contributed by atoms with Crippen molar-refractivity contribution in [1.82, 2.24) is 4.90 Å². The Morgan fingerprint density at radius 1 is 0.854 bits per heavy atom. The number of nitrogens with zero attached hydrogens (tertiary/aromatic N) is 2. The molecule has 41 heavy (non-hydrogen) atoms. The SMILES string of the molecule is O=C(OCCCCO[N+](=O)[O-])N1CC[C@H](c2cccc(-c3ccccc3)c2)[C@@H](OCc2ccc3ccccc3c2)C1. The molecule has 0 N–H and O–H groups in total. The van der Waals surface area contributed by atoms with E-state index in [9.17, 15) is 14.9 Å². The molecular formula is C33H34N2O6. The third-order valence-electron chi connectivity index (χ3n) is 7.48. The fraction of sp³-hybridized carbons (Fsp3) is 0.303. The molecule has 5 rings (SSSR count). The summed E-state index contributed by atoms with van der Waals surface area (Å²) in [5.41, 5.74) is 4.58. The zero-order chi connectivity index (χ0) is 28.4. The van der Waals surface area contributed by atoms with Crippen molar-refractivity contribution in [1.29, 1.82) is 0 Å². The monoisotopic (exact) mass is 554 g/mol. The quantitative estimate of drug-likeness (QED) is 0.113. The largest absolute Gasteiger partial charge is 0.449 e. The van der Waals surface area contributed by atoms with Gasteiger partial charge in [-0.2, -0.15) is 0 Å². The normalized spacial score (nSPS) is 16.8. The van der Waals surface area contributed by atoms with Crippen molar-refractivity contribution in [3.63, 3.8) is 0 Å². The summed E-state index contributed by atoms with van der Waals surface area (Å²) in [5.74, 6) is 0.113. The van der Waals surface area contributed by atoms with Gasteiger partial charge >= 0.3 is 6.09 Å². The van der Waals surface area contributed by atoms with Gasteiger partial charge < -0.3 is 19.2 Å². The van der Waals surface area contributed by atoms with E-state index in [1.165, 1.54) is 10.9 Å². The average Bonchev–Trinajstić information content (AvgIpc) is 3.01. The Hall–Kier alpha value is -4.43. The molecule has 0 saturated carbocycles. The number of carbonyl (C=O) groups excluding carboxylic acids is 1. The number of hydrogen-bond donors (Lipinski definition) is 0. The minimum atomic E-state index is -0.816. The van der Waals surface area contributed by atoms with Crippen molar-refractivity contribution in [2.24, 2.45) is 0 Å². The highest BCUT2D eigenvalue weighted by atomic mass is 16.9. The van der Waals surface area contributed by atoms with Gasteiger partial charge in [0.1, 0.15) is 0 Å². The molecule has 4 aromatic rings. The van der Waals surface area contributed by atoms with E-state index in [0.29, 0.717) is 32.5 Å². The Morgan fingerprint density at radius 3 is 2.44 bits per heavy atom. The van der Waals surface area contributed by atoms with Crippen LogP contribution in [0.1, 0.15) is 36.3 Å². The van der Waals surface area contributed by atoms with E-state index in [1.807, 2.05) is 30.3 Å². The van der Waals surface area contributed by atoms with Crippen molar-refractivity contribution < 1.29 is 24.2 Å². The average molecular weight is 555 g/mol. The Labute approximate surface area is 239 Å². The smallest absolute Gasteiger partial charge is 0.409 e. The van der Waals surface area contributed by atoms with Gasteiger partial charge in [-0.15, -0.1) is 10.1 Å². The first-order chi connectivity index (χ1) is 20.1. The lowest BCUT2D eigenvalue weighted by atomic mass is 9.85. The zero-order valence-corrected chi connectivity index (χ0v) is 22.9. The minimum absolute atomic E-state index is 0.0112. The van der Waals surface area contributed by atoms with Gasteiger partial charge in [0.2, 0.25) is 0 Å². The number of likely N-dealkylation sites (tertiary alicyclic amines) is 1. The van der Waals surface area contributed by atoms with Crippen molar-refractivity contribution in [3.8, 4) is 11.1 Å². The molecule has 0 bridgehead atoms. The zero-order valence-electron chi connectivity index (χ0n) is 22.9. The van der Waals surface area contributed by atoms with Crippen LogP contribution in [0.3, 0.4) is 0 Å². The number of amides is 1. The standard InChI is InChI=1S/C33H34N2O6/c36-33(39-19-6-7-20-41-35(37)38)34-18-17-31(30-14-8-13-29(22-30)26-9-2-1-3-10-26)32(23-34)40-24-25-15-16-27-11-4-5-12-28(27)21-25/h1-5,8-16,21-22,31-32H,6-7,17-20,23-24H2/t31-,32+/m1/s1.